The summed E-state index contributed by atoms with van der Waals surface area (Å²) in [6, 6.07) is 0. The number of rotatable bonds is 4. The van der Waals surface area contributed by atoms with Gasteiger partial charge in [0.05, 0.1) is 12.5 Å². The van der Waals surface area contributed by atoms with E-state index in [0.29, 0.717) is 25.2 Å². The van der Waals surface area contributed by atoms with Crippen LogP contribution in [0.25, 0.3) is 0 Å². The van der Waals surface area contributed by atoms with E-state index in [1.165, 1.54) is 6.33 Å². The van der Waals surface area contributed by atoms with Crippen LogP contribution >= 0.6 is 0 Å². The van der Waals surface area contributed by atoms with Gasteiger partial charge in [-0.2, -0.15) is 5.10 Å². The Labute approximate surface area is 104 Å². The third-order valence-electron chi connectivity index (χ3n) is 3.29. The number of aromatic nitrogens is 3. The van der Waals surface area contributed by atoms with Crippen LogP contribution < -0.4 is 5.32 Å². The van der Waals surface area contributed by atoms with Crippen molar-refractivity contribution in [1.82, 2.24) is 20.5 Å². The summed E-state index contributed by atoms with van der Waals surface area (Å²) >= 11 is 0. The highest BCUT2D eigenvalue weighted by atomic mass is 16.4. The zero-order valence-electron chi connectivity index (χ0n) is 9.93. The average molecular weight is 252 g/mol. The summed E-state index contributed by atoms with van der Waals surface area (Å²) in [7, 11) is 0. The largest absolute Gasteiger partial charge is 0.481 e. The molecule has 0 aromatic carbocycles. The molecule has 2 unspecified atom stereocenters. The minimum atomic E-state index is -0.803. The number of nitrogens with zero attached hydrogens (tertiary/aromatic N) is 2. The fourth-order valence-corrected chi connectivity index (χ4v) is 2.28. The van der Waals surface area contributed by atoms with E-state index in [9.17, 15) is 9.59 Å². The van der Waals surface area contributed by atoms with Gasteiger partial charge in [-0.3, -0.25) is 14.7 Å². The molecule has 2 rings (SSSR count). The minimum Gasteiger partial charge on any atom is -0.481 e. The Kier molecular flexibility index (Phi) is 3.91. The molecule has 7 heteroatoms. The third kappa shape index (κ3) is 3.06. The van der Waals surface area contributed by atoms with Crippen LogP contribution in [0.5, 0.6) is 0 Å². The topological polar surface area (TPSA) is 108 Å². The fourth-order valence-electron chi connectivity index (χ4n) is 2.28. The quantitative estimate of drug-likeness (QED) is 0.714. The van der Waals surface area contributed by atoms with Crippen LogP contribution in [0.3, 0.4) is 0 Å². The summed E-state index contributed by atoms with van der Waals surface area (Å²) < 4.78 is 0. The highest BCUT2D eigenvalue weighted by Crippen LogP contribution is 2.29. The Morgan fingerprint density at radius 2 is 2.22 bits per heavy atom. The Bertz CT molecular complexity index is 418. The molecule has 0 bridgehead atoms. The third-order valence-corrected chi connectivity index (χ3v) is 3.29. The van der Waals surface area contributed by atoms with Crippen LogP contribution in [-0.2, 0) is 16.1 Å². The lowest BCUT2D eigenvalue weighted by Crippen LogP contribution is -2.35. The number of hydrogen-bond acceptors (Lipinski definition) is 4. The predicted molar refractivity (Wildman–Crippen MR) is 61.3 cm³/mol. The molecule has 18 heavy (non-hydrogen) atoms. The molecule has 1 heterocycles. The maximum atomic E-state index is 11.9. The van der Waals surface area contributed by atoms with Gasteiger partial charge < -0.3 is 10.4 Å². The van der Waals surface area contributed by atoms with E-state index in [0.717, 1.165) is 12.8 Å². The molecule has 1 aliphatic carbocycles. The maximum absolute atomic E-state index is 11.9. The van der Waals surface area contributed by atoms with Gasteiger partial charge in [0, 0.05) is 5.92 Å². The number of carbonyl (C=O) groups is 2. The number of hydrogen-bond donors (Lipinski definition) is 3. The molecule has 3 N–H and O–H groups in total. The van der Waals surface area contributed by atoms with Crippen molar-refractivity contribution in [1.29, 1.82) is 0 Å². The Morgan fingerprint density at radius 1 is 1.44 bits per heavy atom. The zero-order valence-corrected chi connectivity index (χ0v) is 9.93. The van der Waals surface area contributed by atoms with Crippen LogP contribution in [0.1, 0.15) is 31.5 Å². The van der Waals surface area contributed by atoms with Gasteiger partial charge in [0.2, 0.25) is 5.91 Å². The second-order valence-electron chi connectivity index (χ2n) is 4.55. The molecule has 0 radical (unpaired) electrons. The molecule has 0 spiro atoms. The molecule has 1 aromatic heterocycles. The first-order chi connectivity index (χ1) is 8.66. The number of aliphatic carboxylic acids is 1. The number of carboxylic acid groups (broad SMARTS) is 1. The summed E-state index contributed by atoms with van der Waals surface area (Å²) in [6.07, 6.45) is 4.02. The summed E-state index contributed by atoms with van der Waals surface area (Å²) in [5.74, 6) is -0.906. The van der Waals surface area contributed by atoms with Gasteiger partial charge in [-0.1, -0.05) is 6.42 Å². The highest BCUT2D eigenvalue weighted by Gasteiger charge is 2.30. The molecule has 98 valence electrons. The molecular weight excluding hydrogens is 236 g/mol. The molecular formula is C11H16N4O3. The number of aromatic amines is 1. The Hall–Kier alpha value is -1.92. The first-order valence-electron chi connectivity index (χ1n) is 6.01. The normalized spacial score (nSPS) is 23.6. The second-order valence-corrected chi connectivity index (χ2v) is 4.55. The lowest BCUT2D eigenvalue weighted by Gasteiger charge is -2.25. The van der Waals surface area contributed by atoms with E-state index in [-0.39, 0.29) is 17.7 Å². The van der Waals surface area contributed by atoms with Gasteiger partial charge in [0.25, 0.3) is 0 Å². The number of carbonyl (C=O) groups excluding carboxylic acids is 1. The molecule has 1 aliphatic rings. The van der Waals surface area contributed by atoms with Gasteiger partial charge in [-0.25, -0.2) is 4.98 Å². The first-order valence-corrected chi connectivity index (χ1v) is 6.01. The van der Waals surface area contributed by atoms with Gasteiger partial charge in [0.1, 0.15) is 12.2 Å². The van der Waals surface area contributed by atoms with Crippen molar-refractivity contribution in [3.8, 4) is 0 Å². The molecule has 0 aliphatic heterocycles. The number of H-pyrrole nitrogens is 1. The van der Waals surface area contributed by atoms with Crippen molar-refractivity contribution in [3.05, 3.63) is 12.2 Å². The standard InChI is InChI=1S/C11H16N4O3/c16-10(12-5-9-13-6-14-15-9)7-2-1-3-8(4-7)11(17)18/h6-8H,1-5H2,(H,12,16)(H,17,18)(H,13,14,15). The smallest absolute Gasteiger partial charge is 0.306 e. The van der Waals surface area contributed by atoms with E-state index >= 15 is 0 Å². The lowest BCUT2D eigenvalue weighted by molar-refractivity contribution is -0.144. The van der Waals surface area contributed by atoms with Crippen molar-refractivity contribution < 1.29 is 14.7 Å². The Balaban J connectivity index is 1.83. The second kappa shape index (κ2) is 5.61. The maximum Gasteiger partial charge on any atom is 0.306 e. The SMILES string of the molecule is O=C(O)C1CCCC(C(=O)NCc2ncn[nH]2)C1. The Morgan fingerprint density at radius 3 is 2.89 bits per heavy atom. The van der Waals surface area contributed by atoms with Crippen molar-refractivity contribution >= 4 is 11.9 Å². The first kappa shape index (κ1) is 12.5. The molecule has 1 aromatic rings. The summed E-state index contributed by atoms with van der Waals surface area (Å²) in [5.41, 5.74) is 0. The highest BCUT2D eigenvalue weighted by molar-refractivity contribution is 5.80. The zero-order chi connectivity index (χ0) is 13.0. The van der Waals surface area contributed by atoms with Crippen LogP contribution in [0.15, 0.2) is 6.33 Å². The van der Waals surface area contributed by atoms with Crippen LogP contribution in [0.4, 0.5) is 0 Å². The average Bonchev–Trinajstić information content (AvgIpc) is 2.89. The van der Waals surface area contributed by atoms with Crippen molar-refractivity contribution in [2.75, 3.05) is 0 Å². The van der Waals surface area contributed by atoms with Crippen molar-refractivity contribution in [2.45, 2.75) is 32.2 Å². The molecule has 0 saturated heterocycles. The van der Waals surface area contributed by atoms with E-state index < -0.39 is 5.97 Å². The summed E-state index contributed by atoms with van der Waals surface area (Å²) in [6.45, 7) is 0.299. The molecule has 1 amide bonds. The number of carboxylic acids is 1. The van der Waals surface area contributed by atoms with E-state index in [1.807, 2.05) is 0 Å². The molecule has 7 nitrogen and oxygen atoms in total. The number of nitrogens with one attached hydrogen (secondary N) is 2. The molecule has 1 saturated carbocycles. The van der Waals surface area contributed by atoms with Gasteiger partial charge in [0.15, 0.2) is 0 Å². The van der Waals surface area contributed by atoms with E-state index in [1.54, 1.807) is 0 Å². The van der Waals surface area contributed by atoms with Crippen LogP contribution in [0.2, 0.25) is 0 Å². The molecule has 1 fully saturated rings. The predicted octanol–water partition coefficient (Wildman–Crippen LogP) is 0.312. The summed E-state index contributed by atoms with van der Waals surface area (Å²) in [5, 5.41) is 18.0. The summed E-state index contributed by atoms with van der Waals surface area (Å²) in [4.78, 5) is 26.7. The fraction of sp³-hybridized carbons (Fsp3) is 0.636. The van der Waals surface area contributed by atoms with Crippen molar-refractivity contribution in [2.24, 2.45) is 11.8 Å². The minimum absolute atomic E-state index is 0.0997. The monoisotopic (exact) mass is 252 g/mol. The van der Waals surface area contributed by atoms with Crippen LogP contribution in [-0.4, -0.2) is 32.2 Å². The van der Waals surface area contributed by atoms with E-state index in [2.05, 4.69) is 20.5 Å². The van der Waals surface area contributed by atoms with Crippen LogP contribution in [0, 0.1) is 11.8 Å². The lowest BCUT2D eigenvalue weighted by atomic mass is 9.81. The van der Waals surface area contributed by atoms with Gasteiger partial charge >= 0.3 is 5.97 Å². The van der Waals surface area contributed by atoms with Gasteiger partial charge in [-0.15, -0.1) is 0 Å². The van der Waals surface area contributed by atoms with Gasteiger partial charge in [-0.05, 0) is 19.3 Å². The van der Waals surface area contributed by atoms with Crippen molar-refractivity contribution in [3.63, 3.8) is 0 Å². The molecule has 2 atom stereocenters. The number of amides is 1. The van der Waals surface area contributed by atoms with E-state index in [4.69, 9.17) is 5.11 Å².